The fraction of sp³-hybridized carbons (Fsp3) is 0.250. The van der Waals surface area contributed by atoms with E-state index in [9.17, 15) is 0 Å². The van der Waals surface area contributed by atoms with E-state index in [1.165, 1.54) is 0 Å². The van der Waals surface area contributed by atoms with Gasteiger partial charge in [-0.1, -0.05) is 28.1 Å². The summed E-state index contributed by atoms with van der Waals surface area (Å²) in [5, 5.41) is 3.41. The first-order chi connectivity index (χ1) is 10.3. The number of hydrogen-bond acceptors (Lipinski definition) is 4. The number of benzene rings is 2. The van der Waals surface area contributed by atoms with Crippen molar-refractivity contribution >= 4 is 21.6 Å². The standard InChI is InChI=1S/C16H16BrNO3/c1-19-9-11-3-2-4-13(5-11)18-8-12-6-15-16(7-14(12)17)21-10-20-15/h2-7,18H,8-10H2,1H3. The van der Waals surface area contributed by atoms with Crippen LogP contribution in [0.4, 0.5) is 5.69 Å². The van der Waals surface area contributed by atoms with Crippen molar-refractivity contribution in [3.05, 3.63) is 52.0 Å². The molecule has 0 saturated heterocycles. The van der Waals surface area contributed by atoms with Gasteiger partial charge in [0, 0.05) is 23.8 Å². The summed E-state index contributed by atoms with van der Waals surface area (Å²) in [5.41, 5.74) is 3.33. The van der Waals surface area contributed by atoms with Gasteiger partial charge in [0.25, 0.3) is 0 Å². The van der Waals surface area contributed by atoms with Crippen molar-refractivity contribution < 1.29 is 14.2 Å². The van der Waals surface area contributed by atoms with Gasteiger partial charge < -0.3 is 19.5 Å². The Morgan fingerprint density at radius 2 is 2.00 bits per heavy atom. The second-order valence-electron chi connectivity index (χ2n) is 4.78. The van der Waals surface area contributed by atoms with Crippen molar-refractivity contribution in [1.29, 1.82) is 0 Å². The molecule has 110 valence electrons. The Balaban J connectivity index is 1.71. The molecule has 3 rings (SSSR count). The van der Waals surface area contributed by atoms with Crippen LogP contribution in [-0.2, 0) is 17.9 Å². The normalized spacial score (nSPS) is 12.5. The predicted octanol–water partition coefficient (Wildman–Crippen LogP) is 3.94. The minimum Gasteiger partial charge on any atom is -0.454 e. The van der Waals surface area contributed by atoms with Crippen molar-refractivity contribution in [3.63, 3.8) is 0 Å². The van der Waals surface area contributed by atoms with E-state index in [0.717, 1.165) is 32.8 Å². The largest absolute Gasteiger partial charge is 0.454 e. The Hall–Kier alpha value is -1.72. The van der Waals surface area contributed by atoms with Crippen LogP contribution in [0.1, 0.15) is 11.1 Å². The van der Waals surface area contributed by atoms with Gasteiger partial charge >= 0.3 is 0 Å². The molecule has 0 saturated carbocycles. The highest BCUT2D eigenvalue weighted by Crippen LogP contribution is 2.37. The van der Waals surface area contributed by atoms with Crippen LogP contribution in [0, 0.1) is 0 Å². The molecule has 1 N–H and O–H groups in total. The Morgan fingerprint density at radius 3 is 2.81 bits per heavy atom. The third-order valence-corrected chi connectivity index (χ3v) is 4.00. The van der Waals surface area contributed by atoms with Gasteiger partial charge in [0.15, 0.2) is 11.5 Å². The molecule has 0 radical (unpaired) electrons. The van der Waals surface area contributed by atoms with Crippen molar-refractivity contribution in [2.45, 2.75) is 13.2 Å². The quantitative estimate of drug-likeness (QED) is 0.887. The zero-order valence-corrected chi connectivity index (χ0v) is 13.3. The first kappa shape index (κ1) is 14.2. The Kier molecular flexibility index (Phi) is 4.31. The summed E-state index contributed by atoms with van der Waals surface area (Å²) in [7, 11) is 1.70. The van der Waals surface area contributed by atoms with E-state index in [-0.39, 0.29) is 6.79 Å². The lowest BCUT2D eigenvalue weighted by Crippen LogP contribution is -2.01. The lowest BCUT2D eigenvalue weighted by atomic mass is 10.1. The monoisotopic (exact) mass is 349 g/mol. The fourth-order valence-electron chi connectivity index (χ4n) is 2.23. The maximum atomic E-state index is 5.41. The van der Waals surface area contributed by atoms with Crippen LogP contribution in [0.25, 0.3) is 0 Å². The summed E-state index contributed by atoms with van der Waals surface area (Å²) in [6.45, 7) is 1.61. The zero-order valence-electron chi connectivity index (χ0n) is 11.7. The zero-order chi connectivity index (χ0) is 14.7. The minimum absolute atomic E-state index is 0.289. The molecule has 0 unspecified atom stereocenters. The van der Waals surface area contributed by atoms with Gasteiger partial charge in [-0.3, -0.25) is 0 Å². The van der Waals surface area contributed by atoms with Gasteiger partial charge in [0.1, 0.15) is 0 Å². The number of rotatable bonds is 5. The van der Waals surface area contributed by atoms with Crippen LogP contribution >= 0.6 is 15.9 Å². The lowest BCUT2D eigenvalue weighted by Gasteiger charge is -2.10. The van der Waals surface area contributed by atoms with E-state index in [2.05, 4.69) is 27.3 Å². The number of anilines is 1. The molecule has 0 bridgehead atoms. The Morgan fingerprint density at radius 1 is 1.19 bits per heavy atom. The Labute approximate surface area is 132 Å². The molecule has 4 nitrogen and oxygen atoms in total. The number of methoxy groups -OCH3 is 1. The first-order valence-electron chi connectivity index (χ1n) is 6.66. The maximum absolute atomic E-state index is 5.41. The fourth-order valence-corrected chi connectivity index (χ4v) is 2.69. The van der Waals surface area contributed by atoms with E-state index in [1.807, 2.05) is 30.3 Å². The third kappa shape index (κ3) is 3.31. The van der Waals surface area contributed by atoms with E-state index in [0.29, 0.717) is 13.2 Å². The van der Waals surface area contributed by atoms with E-state index in [1.54, 1.807) is 7.11 Å². The summed E-state index contributed by atoms with van der Waals surface area (Å²) in [5.74, 6) is 1.58. The molecule has 1 heterocycles. The van der Waals surface area contributed by atoms with E-state index in [4.69, 9.17) is 14.2 Å². The third-order valence-electron chi connectivity index (χ3n) is 3.26. The highest BCUT2D eigenvalue weighted by atomic mass is 79.9. The van der Waals surface area contributed by atoms with Gasteiger partial charge in [-0.2, -0.15) is 0 Å². The van der Waals surface area contributed by atoms with Crippen molar-refractivity contribution in [2.24, 2.45) is 0 Å². The molecule has 0 atom stereocenters. The van der Waals surface area contributed by atoms with Crippen LogP contribution in [-0.4, -0.2) is 13.9 Å². The highest BCUT2D eigenvalue weighted by molar-refractivity contribution is 9.10. The summed E-state index contributed by atoms with van der Waals surface area (Å²) in [6, 6.07) is 12.1. The second-order valence-corrected chi connectivity index (χ2v) is 5.64. The average molecular weight is 350 g/mol. The van der Waals surface area contributed by atoms with Crippen molar-refractivity contribution in [1.82, 2.24) is 0 Å². The summed E-state index contributed by atoms with van der Waals surface area (Å²) >= 11 is 3.57. The Bertz CT molecular complexity index is 645. The van der Waals surface area contributed by atoms with Crippen molar-refractivity contribution in [3.8, 4) is 11.5 Å². The molecule has 1 aliphatic heterocycles. The molecule has 21 heavy (non-hydrogen) atoms. The first-order valence-corrected chi connectivity index (χ1v) is 7.45. The van der Waals surface area contributed by atoms with Gasteiger partial charge in [0.2, 0.25) is 6.79 Å². The van der Waals surface area contributed by atoms with E-state index < -0.39 is 0 Å². The highest BCUT2D eigenvalue weighted by Gasteiger charge is 2.16. The predicted molar refractivity (Wildman–Crippen MR) is 84.7 cm³/mol. The van der Waals surface area contributed by atoms with Gasteiger partial charge in [-0.15, -0.1) is 0 Å². The molecule has 2 aromatic rings. The number of nitrogens with one attached hydrogen (secondary N) is 1. The van der Waals surface area contributed by atoms with Crippen LogP contribution in [0.3, 0.4) is 0 Å². The second kappa shape index (κ2) is 6.37. The van der Waals surface area contributed by atoms with Crippen LogP contribution in [0.2, 0.25) is 0 Å². The number of fused-ring (bicyclic) bond motifs is 1. The topological polar surface area (TPSA) is 39.7 Å². The van der Waals surface area contributed by atoms with Gasteiger partial charge in [-0.05, 0) is 35.4 Å². The van der Waals surface area contributed by atoms with Crippen LogP contribution in [0.5, 0.6) is 11.5 Å². The van der Waals surface area contributed by atoms with Crippen LogP contribution < -0.4 is 14.8 Å². The number of hydrogen-bond donors (Lipinski definition) is 1. The van der Waals surface area contributed by atoms with E-state index >= 15 is 0 Å². The minimum atomic E-state index is 0.289. The molecule has 0 amide bonds. The van der Waals surface area contributed by atoms with Crippen LogP contribution in [0.15, 0.2) is 40.9 Å². The molecule has 0 aromatic heterocycles. The molecule has 0 aliphatic carbocycles. The summed E-state index contributed by atoms with van der Waals surface area (Å²) < 4.78 is 16.9. The molecular weight excluding hydrogens is 334 g/mol. The maximum Gasteiger partial charge on any atom is 0.231 e. The SMILES string of the molecule is COCc1cccc(NCc2cc3c(cc2Br)OCO3)c1. The number of halogens is 1. The molecular formula is C16H16BrNO3. The molecule has 2 aromatic carbocycles. The summed E-state index contributed by atoms with van der Waals surface area (Å²) in [4.78, 5) is 0. The summed E-state index contributed by atoms with van der Waals surface area (Å²) in [6.07, 6.45) is 0. The van der Waals surface area contributed by atoms with Crippen molar-refractivity contribution in [2.75, 3.05) is 19.2 Å². The smallest absolute Gasteiger partial charge is 0.231 e. The number of ether oxygens (including phenoxy) is 3. The molecule has 0 spiro atoms. The lowest BCUT2D eigenvalue weighted by molar-refractivity contribution is 0.174. The average Bonchev–Trinajstić information content (AvgIpc) is 2.92. The van der Waals surface area contributed by atoms with Gasteiger partial charge in [-0.25, -0.2) is 0 Å². The molecule has 1 aliphatic rings. The molecule has 0 fully saturated rings. The molecule has 5 heteroatoms. The van der Waals surface area contributed by atoms with Gasteiger partial charge in [0.05, 0.1) is 6.61 Å².